The number of urea groups is 1. The number of likely N-dealkylation sites (tertiary alicyclic amines) is 1. The number of ether oxygens (including phenoxy) is 1. The Morgan fingerprint density at radius 3 is 2.76 bits per heavy atom. The Hall–Kier alpha value is -3.09. The van der Waals surface area contributed by atoms with Crippen LogP contribution >= 0.6 is 0 Å². The molecule has 1 fully saturated rings. The van der Waals surface area contributed by atoms with Crippen LogP contribution in [0.1, 0.15) is 31.7 Å². The highest BCUT2D eigenvalue weighted by atomic mass is 16.5. The Morgan fingerprint density at radius 2 is 2.03 bits per heavy atom. The zero-order valence-corrected chi connectivity index (χ0v) is 16.8. The van der Waals surface area contributed by atoms with E-state index in [-0.39, 0.29) is 17.9 Å². The van der Waals surface area contributed by atoms with Gasteiger partial charge in [0, 0.05) is 37.6 Å². The van der Waals surface area contributed by atoms with Crippen LogP contribution in [0.4, 0.5) is 10.5 Å². The van der Waals surface area contributed by atoms with E-state index in [1.807, 2.05) is 49.4 Å². The molecule has 1 saturated heterocycles. The third kappa shape index (κ3) is 6.20. The van der Waals surface area contributed by atoms with Gasteiger partial charge in [0.15, 0.2) is 0 Å². The molecule has 2 N–H and O–H groups in total. The maximum atomic E-state index is 12.5. The van der Waals surface area contributed by atoms with Gasteiger partial charge in [-0.2, -0.15) is 0 Å². The molecule has 3 amide bonds. The smallest absolute Gasteiger partial charge is 0.317 e. The van der Waals surface area contributed by atoms with E-state index in [0.29, 0.717) is 32.1 Å². The van der Waals surface area contributed by atoms with Gasteiger partial charge < -0.3 is 20.3 Å². The number of benzene rings is 1. The van der Waals surface area contributed by atoms with Crippen LogP contribution < -0.4 is 15.4 Å². The molecule has 7 heteroatoms. The third-order valence-corrected chi connectivity index (χ3v) is 4.82. The van der Waals surface area contributed by atoms with E-state index in [2.05, 4.69) is 15.6 Å². The topological polar surface area (TPSA) is 83.6 Å². The van der Waals surface area contributed by atoms with Crippen LogP contribution in [-0.2, 0) is 11.3 Å². The first-order chi connectivity index (χ1) is 14.2. The zero-order valence-electron chi connectivity index (χ0n) is 16.8. The highest BCUT2D eigenvalue weighted by Gasteiger charge is 2.28. The standard InChI is InChI=1S/C22H28N4O3/c1-2-13-29-20-11-10-17(14-23-20)15-24-22(28)26-12-6-7-18(16-26)21(27)25-19-8-4-3-5-9-19/h3-5,8-11,14,18H,2,6-7,12-13,15-16H2,1H3,(H,24,28)(H,25,27). The van der Waals surface area contributed by atoms with E-state index >= 15 is 0 Å². The normalized spacial score (nSPS) is 16.2. The predicted octanol–water partition coefficient (Wildman–Crippen LogP) is 3.43. The monoisotopic (exact) mass is 396 g/mol. The molecule has 1 aliphatic rings. The van der Waals surface area contributed by atoms with Crippen molar-refractivity contribution in [1.29, 1.82) is 0 Å². The van der Waals surface area contributed by atoms with Gasteiger partial charge >= 0.3 is 6.03 Å². The molecular weight excluding hydrogens is 368 g/mol. The molecule has 0 spiro atoms. The lowest BCUT2D eigenvalue weighted by Gasteiger charge is -2.32. The maximum absolute atomic E-state index is 12.5. The number of aromatic nitrogens is 1. The number of pyridine rings is 1. The molecule has 1 atom stereocenters. The summed E-state index contributed by atoms with van der Waals surface area (Å²) in [5.41, 5.74) is 1.68. The summed E-state index contributed by atoms with van der Waals surface area (Å²) in [5.74, 6) is 0.345. The van der Waals surface area contributed by atoms with E-state index in [9.17, 15) is 9.59 Å². The van der Waals surface area contributed by atoms with Crippen molar-refractivity contribution in [2.45, 2.75) is 32.7 Å². The molecule has 0 bridgehead atoms. The lowest BCUT2D eigenvalue weighted by atomic mass is 9.97. The molecule has 2 aromatic rings. The van der Waals surface area contributed by atoms with Crippen molar-refractivity contribution in [2.24, 2.45) is 5.92 Å². The summed E-state index contributed by atoms with van der Waals surface area (Å²) < 4.78 is 5.46. The lowest BCUT2D eigenvalue weighted by Crippen LogP contribution is -2.47. The average molecular weight is 396 g/mol. The first-order valence-electron chi connectivity index (χ1n) is 10.1. The Balaban J connectivity index is 1.47. The SMILES string of the molecule is CCCOc1ccc(CNC(=O)N2CCCC(C(=O)Nc3ccccc3)C2)cn1. The minimum Gasteiger partial charge on any atom is -0.478 e. The first kappa shape index (κ1) is 20.6. The van der Waals surface area contributed by atoms with Crippen molar-refractivity contribution < 1.29 is 14.3 Å². The largest absolute Gasteiger partial charge is 0.478 e. The van der Waals surface area contributed by atoms with Gasteiger partial charge in [-0.1, -0.05) is 31.2 Å². The van der Waals surface area contributed by atoms with Crippen molar-refractivity contribution in [3.8, 4) is 5.88 Å². The van der Waals surface area contributed by atoms with Crippen molar-refractivity contribution >= 4 is 17.6 Å². The number of carbonyl (C=O) groups is 2. The van der Waals surface area contributed by atoms with Gasteiger partial charge in [-0.25, -0.2) is 9.78 Å². The maximum Gasteiger partial charge on any atom is 0.317 e. The average Bonchev–Trinajstić information content (AvgIpc) is 2.77. The van der Waals surface area contributed by atoms with Crippen molar-refractivity contribution in [1.82, 2.24) is 15.2 Å². The van der Waals surface area contributed by atoms with Crippen LogP contribution in [0.3, 0.4) is 0 Å². The molecule has 1 aromatic carbocycles. The van der Waals surface area contributed by atoms with Gasteiger partial charge in [0.1, 0.15) is 0 Å². The van der Waals surface area contributed by atoms with Crippen LogP contribution in [-0.4, -0.2) is 41.5 Å². The van der Waals surface area contributed by atoms with Gasteiger partial charge in [-0.05, 0) is 37.0 Å². The first-order valence-corrected chi connectivity index (χ1v) is 10.1. The van der Waals surface area contributed by atoms with E-state index < -0.39 is 0 Å². The lowest BCUT2D eigenvalue weighted by molar-refractivity contribution is -0.121. The second-order valence-electron chi connectivity index (χ2n) is 7.15. The Kier molecular flexibility index (Phi) is 7.44. The number of hydrogen-bond donors (Lipinski definition) is 2. The molecule has 1 aliphatic heterocycles. The molecule has 1 aromatic heterocycles. The van der Waals surface area contributed by atoms with Crippen LogP contribution in [0.2, 0.25) is 0 Å². The van der Waals surface area contributed by atoms with Crippen LogP contribution in [0.25, 0.3) is 0 Å². The number of carbonyl (C=O) groups excluding carboxylic acids is 2. The zero-order chi connectivity index (χ0) is 20.5. The van der Waals surface area contributed by atoms with E-state index in [1.165, 1.54) is 0 Å². The molecule has 1 unspecified atom stereocenters. The minimum absolute atomic E-state index is 0.0411. The summed E-state index contributed by atoms with van der Waals surface area (Å²) in [7, 11) is 0. The second kappa shape index (κ2) is 10.5. The van der Waals surface area contributed by atoms with Crippen LogP contribution in [0, 0.1) is 5.92 Å². The fourth-order valence-electron chi connectivity index (χ4n) is 3.24. The highest BCUT2D eigenvalue weighted by Crippen LogP contribution is 2.19. The fraction of sp³-hybridized carbons (Fsp3) is 0.409. The molecule has 29 heavy (non-hydrogen) atoms. The van der Waals surface area contributed by atoms with E-state index in [0.717, 1.165) is 30.5 Å². The number of rotatable bonds is 7. The van der Waals surface area contributed by atoms with Crippen LogP contribution in [0.5, 0.6) is 5.88 Å². The van der Waals surface area contributed by atoms with E-state index in [1.54, 1.807) is 11.1 Å². The third-order valence-electron chi connectivity index (χ3n) is 4.82. The van der Waals surface area contributed by atoms with Crippen molar-refractivity contribution in [3.63, 3.8) is 0 Å². The van der Waals surface area contributed by atoms with Gasteiger partial charge in [0.2, 0.25) is 11.8 Å². The minimum atomic E-state index is -0.202. The number of hydrogen-bond acceptors (Lipinski definition) is 4. The van der Waals surface area contributed by atoms with Gasteiger partial charge in [0.05, 0.1) is 12.5 Å². The van der Waals surface area contributed by atoms with Crippen molar-refractivity contribution in [3.05, 3.63) is 54.2 Å². The van der Waals surface area contributed by atoms with Gasteiger partial charge in [-0.3, -0.25) is 4.79 Å². The summed E-state index contributed by atoms with van der Waals surface area (Å²) in [4.78, 5) is 31.0. The van der Waals surface area contributed by atoms with Crippen LogP contribution in [0.15, 0.2) is 48.7 Å². The number of nitrogens with one attached hydrogen (secondary N) is 2. The van der Waals surface area contributed by atoms with E-state index in [4.69, 9.17) is 4.74 Å². The molecule has 0 aliphatic carbocycles. The quantitative estimate of drug-likeness (QED) is 0.751. The Bertz CT molecular complexity index is 795. The molecule has 0 radical (unpaired) electrons. The van der Waals surface area contributed by atoms with Gasteiger partial charge in [-0.15, -0.1) is 0 Å². The number of piperidine rings is 1. The molecule has 7 nitrogen and oxygen atoms in total. The molecule has 154 valence electrons. The predicted molar refractivity (Wildman–Crippen MR) is 112 cm³/mol. The fourth-order valence-corrected chi connectivity index (χ4v) is 3.24. The summed E-state index contributed by atoms with van der Waals surface area (Å²) in [5, 5.41) is 5.85. The molecular formula is C22H28N4O3. The summed E-state index contributed by atoms with van der Waals surface area (Å²) in [6, 6.07) is 12.9. The summed E-state index contributed by atoms with van der Waals surface area (Å²) >= 11 is 0. The molecule has 3 rings (SSSR count). The summed E-state index contributed by atoms with van der Waals surface area (Å²) in [6.45, 7) is 4.14. The van der Waals surface area contributed by atoms with Crippen molar-refractivity contribution in [2.75, 3.05) is 25.0 Å². The Labute approximate surface area is 171 Å². The molecule has 0 saturated carbocycles. The van der Waals surface area contributed by atoms with Gasteiger partial charge in [0.25, 0.3) is 0 Å². The Morgan fingerprint density at radius 1 is 1.21 bits per heavy atom. The number of nitrogens with zero attached hydrogens (tertiary/aromatic N) is 2. The number of amides is 3. The molecule has 2 heterocycles. The number of para-hydroxylation sites is 1. The number of anilines is 1. The summed E-state index contributed by atoms with van der Waals surface area (Å²) in [6.07, 6.45) is 4.23. The second-order valence-corrected chi connectivity index (χ2v) is 7.15. The highest BCUT2D eigenvalue weighted by molar-refractivity contribution is 5.93.